The molecule has 0 atom stereocenters. The molecule has 1 aliphatic carbocycles. The lowest BCUT2D eigenvalue weighted by Gasteiger charge is -2.40. The van der Waals surface area contributed by atoms with E-state index in [0.717, 1.165) is 31.2 Å². The van der Waals surface area contributed by atoms with Crippen molar-refractivity contribution in [3.8, 4) is 6.07 Å². The first-order valence-electron chi connectivity index (χ1n) is 7.94. The summed E-state index contributed by atoms with van der Waals surface area (Å²) in [6, 6.07) is 17.2. The normalized spacial score (nSPS) is 22.7. The Hall–Kier alpha value is -1.89. The van der Waals surface area contributed by atoms with Crippen molar-refractivity contribution < 1.29 is 9.47 Å². The van der Waals surface area contributed by atoms with Crippen molar-refractivity contribution in [1.29, 1.82) is 5.26 Å². The van der Waals surface area contributed by atoms with Gasteiger partial charge in [0.2, 0.25) is 0 Å². The molecule has 1 saturated carbocycles. The second kappa shape index (κ2) is 5.08. The van der Waals surface area contributed by atoms with Gasteiger partial charge in [0.25, 0.3) is 0 Å². The average Bonchev–Trinajstić information content (AvgIpc) is 3.04. The van der Waals surface area contributed by atoms with Crippen molar-refractivity contribution in [2.24, 2.45) is 0 Å². The number of ether oxygens (including phenoxy) is 2. The van der Waals surface area contributed by atoms with Crippen LogP contribution in [0.4, 0.5) is 0 Å². The minimum Gasteiger partial charge on any atom is -0.348 e. The van der Waals surface area contributed by atoms with E-state index in [1.54, 1.807) is 0 Å². The number of hydrogen-bond donors (Lipinski definition) is 0. The maximum Gasteiger partial charge on any atom is 0.168 e. The molecule has 3 nitrogen and oxygen atoms in total. The lowest BCUT2D eigenvalue weighted by atomic mass is 9.67. The molecule has 1 spiro atoms. The van der Waals surface area contributed by atoms with Crippen LogP contribution in [-0.4, -0.2) is 19.0 Å². The Balaban J connectivity index is 1.74. The van der Waals surface area contributed by atoms with Crippen molar-refractivity contribution in [2.45, 2.75) is 36.9 Å². The maximum absolute atomic E-state index is 9.95. The predicted molar refractivity (Wildman–Crippen MR) is 84.3 cm³/mol. The lowest BCUT2D eigenvalue weighted by Crippen LogP contribution is -2.41. The Morgan fingerprint density at radius 2 is 1.55 bits per heavy atom. The van der Waals surface area contributed by atoms with Crippen LogP contribution in [0.2, 0.25) is 0 Å². The molecule has 0 unspecified atom stereocenters. The Kier molecular flexibility index (Phi) is 3.18. The zero-order valence-electron chi connectivity index (χ0n) is 12.5. The van der Waals surface area contributed by atoms with Crippen LogP contribution in [0.5, 0.6) is 0 Å². The second-order valence-electron chi connectivity index (χ2n) is 6.33. The van der Waals surface area contributed by atoms with Crippen LogP contribution in [-0.2, 0) is 14.9 Å². The Labute approximate surface area is 130 Å². The van der Waals surface area contributed by atoms with Gasteiger partial charge in [-0.1, -0.05) is 42.5 Å². The molecule has 1 saturated heterocycles. The minimum atomic E-state index is -0.429. The molecule has 2 aliphatic rings. The summed E-state index contributed by atoms with van der Waals surface area (Å²) in [7, 11) is 0. The van der Waals surface area contributed by atoms with E-state index in [4.69, 9.17) is 9.47 Å². The van der Waals surface area contributed by atoms with Crippen LogP contribution in [0.3, 0.4) is 0 Å². The Bertz CT molecular complexity index is 725. The van der Waals surface area contributed by atoms with Crippen LogP contribution < -0.4 is 0 Å². The fourth-order valence-corrected chi connectivity index (χ4v) is 3.93. The van der Waals surface area contributed by atoms with Gasteiger partial charge in [0.1, 0.15) is 0 Å². The summed E-state index contributed by atoms with van der Waals surface area (Å²) in [6.45, 7) is 1.35. The summed E-state index contributed by atoms with van der Waals surface area (Å²) >= 11 is 0. The third-order valence-corrected chi connectivity index (χ3v) is 5.20. The molecule has 1 heterocycles. The quantitative estimate of drug-likeness (QED) is 0.800. The molecule has 0 amide bonds. The van der Waals surface area contributed by atoms with Gasteiger partial charge in [-0.2, -0.15) is 5.26 Å². The second-order valence-corrected chi connectivity index (χ2v) is 6.33. The fraction of sp³-hybridized carbons (Fsp3) is 0.421. The van der Waals surface area contributed by atoms with E-state index in [1.807, 2.05) is 12.1 Å². The molecule has 112 valence electrons. The fourth-order valence-electron chi connectivity index (χ4n) is 3.93. The summed E-state index contributed by atoms with van der Waals surface area (Å²) < 4.78 is 11.6. The molecule has 2 aromatic carbocycles. The first-order chi connectivity index (χ1) is 10.8. The molecule has 0 N–H and O–H groups in total. The van der Waals surface area contributed by atoms with Crippen LogP contribution in [0.1, 0.15) is 31.2 Å². The van der Waals surface area contributed by atoms with Gasteiger partial charge in [0.15, 0.2) is 5.79 Å². The van der Waals surface area contributed by atoms with E-state index in [0.29, 0.717) is 13.2 Å². The molecule has 3 heteroatoms. The SMILES string of the molecule is N#CC1(c2cccc3ccccc23)CCC2(CC1)OCCO2. The number of rotatable bonds is 1. The van der Waals surface area contributed by atoms with Crippen molar-refractivity contribution >= 4 is 10.8 Å². The molecular weight excluding hydrogens is 274 g/mol. The van der Waals surface area contributed by atoms with Gasteiger partial charge in [-0.05, 0) is 29.2 Å². The molecule has 22 heavy (non-hydrogen) atoms. The smallest absolute Gasteiger partial charge is 0.168 e. The number of benzene rings is 2. The molecule has 0 aromatic heterocycles. The highest BCUT2D eigenvalue weighted by Crippen LogP contribution is 2.47. The standard InChI is InChI=1S/C19H19NO2/c20-14-18(8-10-19(11-9-18)21-12-13-22-19)17-7-3-5-15-4-1-2-6-16(15)17/h1-7H,8-13H2. The van der Waals surface area contributed by atoms with Gasteiger partial charge in [0.05, 0.1) is 24.7 Å². The predicted octanol–water partition coefficient (Wildman–Crippen LogP) is 3.92. The molecule has 1 aliphatic heterocycles. The van der Waals surface area contributed by atoms with Gasteiger partial charge in [-0.25, -0.2) is 0 Å². The number of nitriles is 1. The molecular formula is C19H19NO2. The van der Waals surface area contributed by atoms with E-state index >= 15 is 0 Å². The van der Waals surface area contributed by atoms with Crippen LogP contribution >= 0.6 is 0 Å². The van der Waals surface area contributed by atoms with Crippen molar-refractivity contribution in [3.05, 3.63) is 48.0 Å². The molecule has 4 rings (SSSR count). The highest BCUT2D eigenvalue weighted by Gasteiger charge is 2.47. The third kappa shape index (κ3) is 2.03. The van der Waals surface area contributed by atoms with E-state index in [9.17, 15) is 5.26 Å². The highest BCUT2D eigenvalue weighted by atomic mass is 16.7. The third-order valence-electron chi connectivity index (χ3n) is 5.20. The molecule has 0 bridgehead atoms. The molecule has 0 radical (unpaired) electrons. The summed E-state index contributed by atoms with van der Waals surface area (Å²) in [5.41, 5.74) is 0.725. The largest absolute Gasteiger partial charge is 0.348 e. The zero-order chi connectivity index (χ0) is 15.0. The van der Waals surface area contributed by atoms with Gasteiger partial charge in [0, 0.05) is 12.8 Å². The summed E-state index contributed by atoms with van der Waals surface area (Å²) in [6.07, 6.45) is 3.17. The van der Waals surface area contributed by atoms with Crippen molar-refractivity contribution in [2.75, 3.05) is 13.2 Å². The first-order valence-corrected chi connectivity index (χ1v) is 7.94. The van der Waals surface area contributed by atoms with E-state index in [-0.39, 0.29) is 0 Å². The highest BCUT2D eigenvalue weighted by molar-refractivity contribution is 5.87. The minimum absolute atomic E-state index is 0.426. The molecule has 2 fully saturated rings. The monoisotopic (exact) mass is 293 g/mol. The average molecular weight is 293 g/mol. The van der Waals surface area contributed by atoms with Crippen LogP contribution in [0, 0.1) is 11.3 Å². The van der Waals surface area contributed by atoms with Gasteiger partial charge < -0.3 is 9.47 Å². The van der Waals surface area contributed by atoms with E-state index < -0.39 is 11.2 Å². The molecule has 2 aromatic rings. The Morgan fingerprint density at radius 1 is 0.864 bits per heavy atom. The first kappa shape index (κ1) is 13.8. The summed E-state index contributed by atoms with van der Waals surface area (Å²) in [4.78, 5) is 0. The number of fused-ring (bicyclic) bond motifs is 1. The summed E-state index contributed by atoms with van der Waals surface area (Å²) in [5, 5.41) is 12.3. The van der Waals surface area contributed by atoms with E-state index in [2.05, 4.69) is 36.4 Å². The van der Waals surface area contributed by atoms with E-state index in [1.165, 1.54) is 10.8 Å². The van der Waals surface area contributed by atoms with Crippen LogP contribution in [0.25, 0.3) is 10.8 Å². The summed E-state index contributed by atoms with van der Waals surface area (Å²) in [5.74, 6) is -0.426. The van der Waals surface area contributed by atoms with Crippen LogP contribution in [0.15, 0.2) is 42.5 Å². The number of hydrogen-bond acceptors (Lipinski definition) is 3. The van der Waals surface area contributed by atoms with Crippen molar-refractivity contribution in [3.63, 3.8) is 0 Å². The van der Waals surface area contributed by atoms with Gasteiger partial charge in [-0.15, -0.1) is 0 Å². The maximum atomic E-state index is 9.95. The number of nitrogens with zero attached hydrogens (tertiary/aromatic N) is 1. The lowest BCUT2D eigenvalue weighted by molar-refractivity contribution is -0.182. The van der Waals surface area contributed by atoms with Gasteiger partial charge >= 0.3 is 0 Å². The Morgan fingerprint density at radius 3 is 2.27 bits per heavy atom. The zero-order valence-corrected chi connectivity index (χ0v) is 12.5. The topological polar surface area (TPSA) is 42.2 Å². The van der Waals surface area contributed by atoms with Crippen molar-refractivity contribution in [1.82, 2.24) is 0 Å². The van der Waals surface area contributed by atoms with Gasteiger partial charge in [-0.3, -0.25) is 0 Å².